The molecule has 1 atom stereocenters. The Balaban J connectivity index is 1.76. The van der Waals surface area contributed by atoms with Crippen molar-refractivity contribution in [3.05, 3.63) is 65.2 Å². The van der Waals surface area contributed by atoms with Crippen LogP contribution in [0, 0.1) is 6.92 Å². The highest BCUT2D eigenvalue weighted by atomic mass is 32.2. The van der Waals surface area contributed by atoms with Crippen LogP contribution >= 0.6 is 11.8 Å². The first-order chi connectivity index (χ1) is 9.22. The first-order valence-electron chi connectivity index (χ1n) is 6.08. The third-order valence-electron chi connectivity index (χ3n) is 3.01. The van der Waals surface area contributed by atoms with Gasteiger partial charge in [0.25, 0.3) is 0 Å². The highest BCUT2D eigenvalue weighted by molar-refractivity contribution is 8.14. The van der Waals surface area contributed by atoms with Crippen LogP contribution in [0.4, 0.5) is 0 Å². The monoisotopic (exact) mass is 270 g/mol. The minimum absolute atomic E-state index is 0.108. The van der Waals surface area contributed by atoms with E-state index < -0.39 is 0 Å². The summed E-state index contributed by atoms with van der Waals surface area (Å²) >= 11 is 1.69. The molecule has 3 rings (SSSR count). The third-order valence-corrected chi connectivity index (χ3v) is 4.17. The molecule has 0 amide bonds. The zero-order valence-electron chi connectivity index (χ0n) is 10.5. The fourth-order valence-electron chi connectivity index (χ4n) is 1.90. The number of hydrogen-bond acceptors (Lipinski definition) is 4. The van der Waals surface area contributed by atoms with E-state index in [1.807, 2.05) is 12.1 Å². The van der Waals surface area contributed by atoms with Gasteiger partial charge in [-0.1, -0.05) is 53.7 Å². The van der Waals surface area contributed by atoms with Gasteiger partial charge in [0.2, 0.25) is 0 Å². The van der Waals surface area contributed by atoms with Gasteiger partial charge in [-0.25, -0.2) is 0 Å². The first-order valence-corrected chi connectivity index (χ1v) is 6.96. The topological polar surface area (TPSA) is 44.6 Å². The van der Waals surface area contributed by atoms with Crippen LogP contribution in [0.1, 0.15) is 22.1 Å². The fraction of sp³-hybridized carbons (Fsp3) is 0.133. The second-order valence-corrected chi connectivity index (χ2v) is 5.60. The van der Waals surface area contributed by atoms with Crippen molar-refractivity contribution in [1.29, 1.82) is 0 Å². The summed E-state index contributed by atoms with van der Waals surface area (Å²) < 4.78 is 0. The van der Waals surface area contributed by atoms with Crippen LogP contribution in [0.3, 0.4) is 0 Å². The van der Waals surface area contributed by atoms with Crippen molar-refractivity contribution in [3.8, 4) is 5.75 Å². The van der Waals surface area contributed by atoms with Crippen LogP contribution in [0.2, 0.25) is 0 Å². The molecule has 3 nitrogen and oxygen atoms in total. The van der Waals surface area contributed by atoms with Crippen LogP contribution in [0.25, 0.3) is 0 Å². The maximum Gasteiger partial charge on any atom is 0.126 e. The van der Waals surface area contributed by atoms with Crippen LogP contribution in [-0.2, 0) is 0 Å². The Bertz CT molecular complexity index is 605. The molecule has 0 bridgehead atoms. The van der Waals surface area contributed by atoms with Gasteiger partial charge < -0.3 is 5.11 Å². The largest absolute Gasteiger partial charge is 0.508 e. The van der Waals surface area contributed by atoms with Gasteiger partial charge in [0, 0.05) is 5.56 Å². The van der Waals surface area contributed by atoms with E-state index in [9.17, 15) is 5.11 Å². The number of aryl methyl sites for hydroxylation is 1. The highest BCUT2D eigenvalue weighted by Gasteiger charge is 2.21. The van der Waals surface area contributed by atoms with Crippen molar-refractivity contribution in [2.24, 2.45) is 5.10 Å². The maximum atomic E-state index is 9.30. The predicted molar refractivity (Wildman–Crippen MR) is 79.3 cm³/mol. The van der Waals surface area contributed by atoms with Crippen molar-refractivity contribution in [3.63, 3.8) is 0 Å². The molecule has 0 radical (unpaired) electrons. The first kappa shape index (κ1) is 12.1. The summed E-state index contributed by atoms with van der Waals surface area (Å²) in [5.74, 6) is 0.284. The van der Waals surface area contributed by atoms with Crippen LogP contribution in [0.5, 0.6) is 5.75 Å². The van der Waals surface area contributed by atoms with Gasteiger partial charge in [-0.15, -0.1) is 0 Å². The van der Waals surface area contributed by atoms with Gasteiger partial charge in [-0.3, -0.25) is 5.43 Å². The molecule has 0 fully saturated rings. The van der Waals surface area contributed by atoms with Crippen molar-refractivity contribution in [2.75, 3.05) is 0 Å². The summed E-state index contributed by atoms with van der Waals surface area (Å²) in [6.45, 7) is 2.07. The molecule has 2 N–H and O–H groups in total. The lowest BCUT2D eigenvalue weighted by molar-refractivity contribution is 0.475. The van der Waals surface area contributed by atoms with E-state index in [1.165, 1.54) is 5.56 Å². The molecule has 0 aromatic heterocycles. The average molecular weight is 270 g/mol. The molecule has 2 aromatic carbocycles. The average Bonchev–Trinajstić information content (AvgIpc) is 2.90. The molecule has 0 saturated carbocycles. The van der Waals surface area contributed by atoms with E-state index in [1.54, 1.807) is 23.9 Å². The van der Waals surface area contributed by atoms with Gasteiger partial charge in [0.15, 0.2) is 0 Å². The Kier molecular flexibility index (Phi) is 3.17. The SMILES string of the molecule is Cc1ccc(C2=NN[C@@H](c3ccc(O)cc3)S2)cc1. The van der Waals surface area contributed by atoms with E-state index in [2.05, 4.69) is 41.7 Å². The number of nitrogens with one attached hydrogen (secondary N) is 1. The number of thioether (sulfide) groups is 1. The summed E-state index contributed by atoms with van der Waals surface area (Å²) in [4.78, 5) is 0. The van der Waals surface area contributed by atoms with Gasteiger partial charge in [-0.2, -0.15) is 5.10 Å². The minimum Gasteiger partial charge on any atom is -0.508 e. The molecular formula is C15H14N2OS. The molecule has 1 heterocycles. The molecule has 19 heavy (non-hydrogen) atoms. The summed E-state index contributed by atoms with van der Waals surface area (Å²) in [6, 6.07) is 15.6. The second kappa shape index (κ2) is 4.97. The molecule has 4 heteroatoms. The lowest BCUT2D eigenvalue weighted by atomic mass is 10.2. The lowest BCUT2D eigenvalue weighted by Crippen LogP contribution is -2.05. The number of rotatable bonds is 2. The smallest absolute Gasteiger partial charge is 0.126 e. The Morgan fingerprint density at radius 3 is 2.42 bits per heavy atom. The summed E-state index contributed by atoms with van der Waals surface area (Å²) in [7, 11) is 0. The van der Waals surface area contributed by atoms with E-state index in [4.69, 9.17) is 0 Å². The van der Waals surface area contributed by atoms with E-state index in [0.717, 1.165) is 16.2 Å². The quantitative estimate of drug-likeness (QED) is 0.879. The third kappa shape index (κ3) is 2.58. The summed E-state index contributed by atoms with van der Waals surface area (Å²) in [5.41, 5.74) is 6.60. The van der Waals surface area contributed by atoms with Gasteiger partial charge >= 0.3 is 0 Å². The minimum atomic E-state index is 0.108. The molecule has 96 valence electrons. The highest BCUT2D eigenvalue weighted by Crippen LogP contribution is 2.34. The maximum absolute atomic E-state index is 9.30. The van der Waals surface area contributed by atoms with E-state index in [-0.39, 0.29) is 11.1 Å². The Morgan fingerprint density at radius 1 is 1.05 bits per heavy atom. The molecule has 0 spiro atoms. The lowest BCUT2D eigenvalue weighted by Gasteiger charge is -2.09. The van der Waals surface area contributed by atoms with Gasteiger partial charge in [-0.05, 0) is 24.6 Å². The Hall–Kier alpha value is -1.94. The fourth-order valence-corrected chi connectivity index (χ4v) is 2.90. The van der Waals surface area contributed by atoms with Crippen LogP contribution in [0.15, 0.2) is 53.6 Å². The van der Waals surface area contributed by atoms with Gasteiger partial charge in [0.1, 0.15) is 16.2 Å². The molecule has 0 saturated heterocycles. The number of phenolic OH excluding ortho intramolecular Hbond substituents is 1. The number of nitrogens with zero attached hydrogens (tertiary/aromatic N) is 1. The number of aromatic hydroxyl groups is 1. The summed E-state index contributed by atoms with van der Waals surface area (Å²) in [5, 5.41) is 14.8. The van der Waals surface area contributed by atoms with Crippen molar-refractivity contribution in [2.45, 2.75) is 12.3 Å². The molecule has 0 aliphatic carbocycles. The molecule has 0 unspecified atom stereocenters. The molecule has 1 aliphatic rings. The number of benzene rings is 2. The number of hydrogen-bond donors (Lipinski definition) is 2. The van der Waals surface area contributed by atoms with E-state index >= 15 is 0 Å². The molecular weight excluding hydrogens is 256 g/mol. The van der Waals surface area contributed by atoms with Gasteiger partial charge in [0.05, 0.1) is 0 Å². The van der Waals surface area contributed by atoms with Crippen molar-refractivity contribution < 1.29 is 5.11 Å². The molecule has 2 aromatic rings. The number of phenols is 1. The van der Waals surface area contributed by atoms with Crippen LogP contribution in [-0.4, -0.2) is 10.2 Å². The van der Waals surface area contributed by atoms with E-state index in [0.29, 0.717) is 0 Å². The predicted octanol–water partition coefficient (Wildman–Crippen LogP) is 3.40. The second-order valence-electron chi connectivity index (χ2n) is 4.50. The van der Waals surface area contributed by atoms with Crippen molar-refractivity contribution in [1.82, 2.24) is 5.43 Å². The molecule has 1 aliphatic heterocycles. The summed E-state index contributed by atoms with van der Waals surface area (Å²) in [6.07, 6.45) is 0. The zero-order chi connectivity index (χ0) is 13.2. The zero-order valence-corrected chi connectivity index (χ0v) is 11.3. The van der Waals surface area contributed by atoms with Crippen molar-refractivity contribution >= 4 is 16.8 Å². The Labute approximate surface area is 116 Å². The number of hydrazone groups is 1. The Morgan fingerprint density at radius 2 is 1.74 bits per heavy atom. The van der Waals surface area contributed by atoms with Crippen LogP contribution < -0.4 is 5.43 Å². The standard InChI is InChI=1S/C15H14N2OS/c1-10-2-4-11(5-3-10)14-16-17-15(19-14)12-6-8-13(18)9-7-12/h2-9,15,17-18H,1H3/t15-/m1/s1. The normalized spacial score (nSPS) is 17.9.